The lowest BCUT2D eigenvalue weighted by Crippen LogP contribution is -2.54. The molecule has 6 atom stereocenters. The third-order valence-corrected chi connectivity index (χ3v) is 11.5. The maximum Gasteiger partial charge on any atom is 0.407 e. The van der Waals surface area contributed by atoms with E-state index in [1.54, 1.807) is 36.0 Å². The van der Waals surface area contributed by atoms with Crippen LogP contribution < -0.4 is 10.6 Å². The Morgan fingerprint density at radius 3 is 1.65 bits per heavy atom. The van der Waals surface area contributed by atoms with Crippen LogP contribution >= 0.6 is 0 Å². The molecule has 5 heterocycles. The lowest BCUT2D eigenvalue weighted by molar-refractivity contribution is -0.138. The summed E-state index contributed by atoms with van der Waals surface area (Å²) in [5, 5.41) is 6.20. The summed E-state index contributed by atoms with van der Waals surface area (Å²) < 4.78 is 20.3. The van der Waals surface area contributed by atoms with E-state index in [1.807, 2.05) is 48.5 Å². The van der Waals surface area contributed by atoms with Crippen LogP contribution in [-0.4, -0.2) is 125 Å². The lowest BCUT2D eigenvalue weighted by Gasteiger charge is -2.30. The smallest absolute Gasteiger partial charge is 0.407 e. The molecule has 2 aromatic carbocycles. The number of carbonyl (C=O) groups excluding carboxylic acids is 4. The number of alkyl carbamates (subject to hydrolysis) is 2. The van der Waals surface area contributed by atoms with E-state index in [0.29, 0.717) is 24.7 Å². The highest BCUT2D eigenvalue weighted by atomic mass is 16.5. The molecule has 4 amide bonds. The molecule has 0 spiro atoms. The summed E-state index contributed by atoms with van der Waals surface area (Å²) in [5.41, 5.74) is 6.11. The molecule has 0 radical (unpaired) electrons. The van der Waals surface area contributed by atoms with Gasteiger partial charge in [0.25, 0.3) is 0 Å². The maximum atomic E-state index is 13.7. The number of rotatable bonds is 13. The molecule has 2 aliphatic heterocycles. The minimum absolute atomic E-state index is 0.255. The van der Waals surface area contributed by atoms with Crippen molar-refractivity contribution < 1.29 is 38.1 Å². The number of H-pyrrole nitrogens is 2. The highest BCUT2D eigenvalue weighted by Gasteiger charge is 2.40. The molecule has 0 bridgehead atoms. The predicted octanol–water partition coefficient (Wildman–Crippen LogP) is 5.53. The molecule has 7 rings (SSSR count). The van der Waals surface area contributed by atoms with Gasteiger partial charge in [-0.1, -0.05) is 36.4 Å². The number of aromatic amines is 2. The first-order valence-electron chi connectivity index (χ1n) is 20.0. The molecule has 4 N–H and O–H groups in total. The second-order valence-corrected chi connectivity index (χ2v) is 15.0. The van der Waals surface area contributed by atoms with E-state index in [1.165, 1.54) is 28.4 Å². The van der Waals surface area contributed by atoms with Crippen LogP contribution in [0.1, 0.15) is 63.3 Å². The zero-order valence-corrected chi connectivity index (χ0v) is 34.6. The van der Waals surface area contributed by atoms with Gasteiger partial charge in [-0.15, -0.1) is 0 Å². The summed E-state index contributed by atoms with van der Waals surface area (Å²) in [6.45, 7) is 4.53. The van der Waals surface area contributed by atoms with E-state index >= 15 is 0 Å². The SMILES string of the molecule is COC(=O)N[C@H](C(=O)N1CCC[C@H]1c1ncc(-c2ccc(-c3ccc4cc(-c5cnc([C@@H]6CCCN6C(=O)[C@@H](NC(=O)OC)[C@@H](C)OC)[nH]5)ccc4n3)cc2)[nH]1)[C@@H](C)OC. The number of nitrogens with zero attached hydrogens (tertiary/aromatic N) is 5. The van der Waals surface area contributed by atoms with Gasteiger partial charge >= 0.3 is 12.2 Å². The monoisotopic (exact) mass is 821 g/mol. The number of hydrogen-bond acceptors (Lipinski definition) is 11. The number of methoxy groups -OCH3 is 4. The Labute approximate surface area is 347 Å². The molecular formula is C43H51N9O8. The molecule has 60 heavy (non-hydrogen) atoms. The first-order valence-corrected chi connectivity index (χ1v) is 20.0. The Morgan fingerprint density at radius 1 is 0.667 bits per heavy atom. The number of aromatic nitrogens is 5. The van der Waals surface area contributed by atoms with Crippen LogP contribution in [0.2, 0.25) is 0 Å². The minimum atomic E-state index is -0.906. The van der Waals surface area contributed by atoms with Gasteiger partial charge in [0.1, 0.15) is 23.7 Å². The number of nitrogens with one attached hydrogen (secondary N) is 4. The highest BCUT2D eigenvalue weighted by Crippen LogP contribution is 2.35. The summed E-state index contributed by atoms with van der Waals surface area (Å²) in [6.07, 6.45) is 4.09. The van der Waals surface area contributed by atoms with Crippen molar-refractivity contribution in [2.24, 2.45) is 0 Å². The van der Waals surface area contributed by atoms with Gasteiger partial charge in [-0.2, -0.15) is 0 Å². The van der Waals surface area contributed by atoms with E-state index in [0.717, 1.165) is 70.4 Å². The number of likely N-dealkylation sites (tertiary alicyclic amines) is 2. The summed E-state index contributed by atoms with van der Waals surface area (Å²) in [5.74, 6) is 0.839. The first-order chi connectivity index (χ1) is 29.0. The molecule has 5 aromatic rings. The van der Waals surface area contributed by atoms with Crippen molar-refractivity contribution in [1.82, 2.24) is 45.4 Å². The van der Waals surface area contributed by atoms with Crippen LogP contribution in [0.5, 0.6) is 0 Å². The Morgan fingerprint density at radius 2 is 1.15 bits per heavy atom. The van der Waals surface area contributed by atoms with Crippen molar-refractivity contribution >= 4 is 34.9 Å². The van der Waals surface area contributed by atoms with E-state index in [-0.39, 0.29) is 23.9 Å². The van der Waals surface area contributed by atoms with Gasteiger partial charge in [-0.3, -0.25) is 9.59 Å². The summed E-state index contributed by atoms with van der Waals surface area (Å²) in [7, 11) is 5.50. The number of carbonyl (C=O) groups is 4. The van der Waals surface area contributed by atoms with Crippen molar-refractivity contribution in [2.45, 2.75) is 75.9 Å². The fourth-order valence-electron chi connectivity index (χ4n) is 7.97. The molecule has 2 fully saturated rings. The number of benzene rings is 2. The van der Waals surface area contributed by atoms with Crippen LogP contribution in [0.15, 0.2) is 67.0 Å². The molecule has 17 nitrogen and oxygen atoms in total. The third-order valence-electron chi connectivity index (χ3n) is 11.5. The fourth-order valence-corrected chi connectivity index (χ4v) is 7.97. The van der Waals surface area contributed by atoms with Gasteiger partial charge in [0.2, 0.25) is 11.8 Å². The molecule has 17 heteroatoms. The van der Waals surface area contributed by atoms with E-state index in [9.17, 15) is 19.2 Å². The number of pyridine rings is 1. The maximum absolute atomic E-state index is 13.7. The van der Waals surface area contributed by atoms with Crippen LogP contribution in [0.25, 0.3) is 44.7 Å². The van der Waals surface area contributed by atoms with Crippen molar-refractivity contribution in [3.8, 4) is 33.8 Å². The van der Waals surface area contributed by atoms with Crippen molar-refractivity contribution in [1.29, 1.82) is 0 Å². The standard InChI is InChI=1S/C43H51N9O8/c1-24(57-3)36(49-42(55)59-5)40(53)51-19-7-9-34(51)38-44-22-32(47-38)27-13-11-26(12-14-27)30-17-15-28-21-29(16-18-31(28)46-30)33-23-45-39(48-33)35-10-8-20-52(35)41(54)37(25(2)58-4)50-43(56)60-6/h11-18,21-25,34-37H,7-10,19-20H2,1-6H3,(H,44,47)(H,45,48)(H,49,55)(H,50,56)/t24-,25-,34+,35+,36+,37+/m1/s1. The zero-order valence-electron chi connectivity index (χ0n) is 34.6. The first kappa shape index (κ1) is 41.8. The van der Waals surface area contributed by atoms with Crippen LogP contribution in [0.4, 0.5) is 9.59 Å². The lowest BCUT2D eigenvalue weighted by atomic mass is 10.0. The van der Waals surface area contributed by atoms with Crippen molar-refractivity contribution in [3.05, 3.63) is 78.6 Å². The van der Waals surface area contributed by atoms with Crippen LogP contribution in [0, 0.1) is 0 Å². The Balaban J connectivity index is 1.03. The molecule has 3 aromatic heterocycles. The molecule has 0 saturated carbocycles. The zero-order chi connectivity index (χ0) is 42.5. The van der Waals surface area contributed by atoms with Gasteiger partial charge in [-0.25, -0.2) is 24.5 Å². The fraction of sp³-hybridized carbons (Fsp3) is 0.419. The Kier molecular flexibility index (Phi) is 12.8. The van der Waals surface area contributed by atoms with Gasteiger partial charge in [-0.05, 0) is 63.3 Å². The van der Waals surface area contributed by atoms with Crippen molar-refractivity contribution in [2.75, 3.05) is 41.5 Å². The summed E-state index contributed by atoms with van der Waals surface area (Å²) >= 11 is 0. The summed E-state index contributed by atoms with van der Waals surface area (Å²) in [6, 6.07) is 15.8. The van der Waals surface area contributed by atoms with E-state index in [4.69, 9.17) is 23.9 Å². The Hall–Kier alpha value is -6.33. The number of ether oxygens (including phenoxy) is 4. The number of amides is 4. The van der Waals surface area contributed by atoms with Gasteiger partial charge < -0.3 is 49.3 Å². The molecule has 2 aliphatic rings. The number of hydrogen-bond donors (Lipinski definition) is 4. The molecule has 0 unspecified atom stereocenters. The quantitative estimate of drug-likeness (QED) is 0.116. The second-order valence-electron chi connectivity index (χ2n) is 15.0. The van der Waals surface area contributed by atoms with Crippen LogP contribution in [-0.2, 0) is 28.5 Å². The predicted molar refractivity (Wildman–Crippen MR) is 221 cm³/mol. The topological polar surface area (TPSA) is 206 Å². The average Bonchev–Trinajstić information content (AvgIpc) is 4.13. The van der Waals surface area contributed by atoms with E-state index in [2.05, 4.69) is 36.6 Å². The van der Waals surface area contributed by atoms with Crippen molar-refractivity contribution in [3.63, 3.8) is 0 Å². The molecule has 2 saturated heterocycles. The van der Waals surface area contributed by atoms with Gasteiger partial charge in [0, 0.05) is 43.8 Å². The minimum Gasteiger partial charge on any atom is -0.453 e. The highest BCUT2D eigenvalue weighted by molar-refractivity contribution is 5.88. The molecule has 316 valence electrons. The average molecular weight is 822 g/mol. The third kappa shape index (κ3) is 8.67. The molecule has 0 aliphatic carbocycles. The largest absolute Gasteiger partial charge is 0.453 e. The van der Waals surface area contributed by atoms with E-state index < -0.39 is 36.5 Å². The normalized spacial score (nSPS) is 18.5. The number of fused-ring (bicyclic) bond motifs is 1. The Bertz CT molecular complexity index is 2330. The molecular weight excluding hydrogens is 771 g/mol. The summed E-state index contributed by atoms with van der Waals surface area (Å²) in [4.78, 5) is 76.0. The van der Waals surface area contributed by atoms with Crippen LogP contribution in [0.3, 0.4) is 0 Å². The van der Waals surface area contributed by atoms with Gasteiger partial charge in [0.15, 0.2) is 0 Å². The number of imidazole rings is 2. The second kappa shape index (κ2) is 18.3. The van der Waals surface area contributed by atoms with Gasteiger partial charge in [0.05, 0.1) is 73.5 Å².